The molecule has 0 aliphatic carbocycles. The molecule has 36 heavy (non-hydrogen) atoms. The summed E-state index contributed by atoms with van der Waals surface area (Å²) < 4.78 is 0.0854. The Morgan fingerprint density at radius 3 is 1.97 bits per heavy atom. The fraction of sp³-hybridized carbons (Fsp3) is 0.0741. The minimum Gasteiger partial charge on any atom is -0.274 e. The molecule has 2 aliphatic heterocycles. The molecule has 0 saturated carbocycles. The fourth-order valence-electron chi connectivity index (χ4n) is 4.32. The minimum absolute atomic E-state index is 0.0671. The Bertz CT molecular complexity index is 1410. The molecule has 3 aromatic rings. The first kappa shape index (κ1) is 23.7. The van der Waals surface area contributed by atoms with Gasteiger partial charge in [-0.2, -0.15) is 5.01 Å². The molecule has 1 saturated heterocycles. The van der Waals surface area contributed by atoms with Crippen molar-refractivity contribution in [1.29, 1.82) is 0 Å². The number of nitrogens with zero attached hydrogens (tertiary/aromatic N) is 2. The van der Waals surface area contributed by atoms with Gasteiger partial charge in [-0.3, -0.25) is 24.6 Å². The van der Waals surface area contributed by atoms with E-state index in [2.05, 4.69) is 5.43 Å². The Balaban J connectivity index is 1.49. The van der Waals surface area contributed by atoms with Crippen molar-refractivity contribution in [2.75, 3.05) is 4.90 Å². The minimum atomic E-state index is -0.688. The van der Waals surface area contributed by atoms with Gasteiger partial charge in [-0.15, -0.1) is 0 Å². The number of carbonyl (C=O) groups is 4. The van der Waals surface area contributed by atoms with Gasteiger partial charge in [0, 0.05) is 12.5 Å². The van der Waals surface area contributed by atoms with Crippen molar-refractivity contribution in [1.82, 2.24) is 10.4 Å². The number of fused-ring (bicyclic) bond motifs is 1. The third kappa shape index (κ3) is 4.02. The maximum atomic E-state index is 13.5. The lowest BCUT2D eigenvalue weighted by atomic mass is 9.91. The van der Waals surface area contributed by atoms with Crippen LogP contribution in [0.25, 0.3) is 5.57 Å². The molecule has 1 fully saturated rings. The van der Waals surface area contributed by atoms with E-state index >= 15 is 0 Å². The van der Waals surface area contributed by atoms with E-state index in [9.17, 15) is 19.2 Å². The van der Waals surface area contributed by atoms with Crippen molar-refractivity contribution >= 4 is 63.2 Å². The second-order valence-corrected chi connectivity index (χ2v) is 9.76. The van der Waals surface area contributed by atoms with Gasteiger partial charge < -0.3 is 0 Å². The molecule has 3 aromatic carbocycles. The molecule has 1 N–H and O–H groups in total. The van der Waals surface area contributed by atoms with Crippen molar-refractivity contribution in [3.8, 4) is 0 Å². The van der Waals surface area contributed by atoms with E-state index in [1.54, 1.807) is 24.3 Å². The Kier molecular flexibility index (Phi) is 6.26. The molecule has 2 aliphatic rings. The number of nitrogens with one attached hydrogen (secondary N) is 1. The van der Waals surface area contributed by atoms with Crippen LogP contribution in [0, 0.1) is 0 Å². The molecule has 2 heterocycles. The van der Waals surface area contributed by atoms with Gasteiger partial charge in [0.2, 0.25) is 5.91 Å². The summed E-state index contributed by atoms with van der Waals surface area (Å²) in [6.45, 7) is 1.29. The molecule has 5 rings (SSSR count). The summed E-state index contributed by atoms with van der Waals surface area (Å²) in [6, 6.07) is 25.2. The molecule has 9 heteroatoms. The highest BCUT2D eigenvalue weighted by atomic mass is 32.2. The van der Waals surface area contributed by atoms with Crippen LogP contribution in [0.4, 0.5) is 5.69 Å². The predicted molar refractivity (Wildman–Crippen MR) is 141 cm³/mol. The third-order valence-corrected chi connectivity index (χ3v) is 7.27. The van der Waals surface area contributed by atoms with Crippen LogP contribution in [0.1, 0.15) is 29.5 Å². The molecule has 0 radical (unpaired) electrons. The van der Waals surface area contributed by atoms with Gasteiger partial charge in [-0.05, 0) is 29.4 Å². The van der Waals surface area contributed by atoms with E-state index in [1.807, 2.05) is 60.7 Å². The number of hydrogen-bond donors (Lipinski definition) is 1. The standard InChI is InChI=1S/C27H19N3O4S2/c1-16(31)29-20-15-9-8-14-19(20)22(25(29)33)23-26(34)30(27(35)36-23)28-24(32)21(17-10-4-2-5-11-17)18-12-6-3-7-13-18/h2-15,21H,1H3,(H,28,32). The van der Waals surface area contributed by atoms with E-state index in [1.165, 1.54) is 6.92 Å². The Morgan fingerprint density at radius 2 is 1.39 bits per heavy atom. The number of benzene rings is 3. The predicted octanol–water partition coefficient (Wildman–Crippen LogP) is 4.01. The highest BCUT2D eigenvalue weighted by Crippen LogP contribution is 2.44. The molecule has 0 bridgehead atoms. The SMILES string of the molecule is CC(=O)N1C(=O)C(=C2SC(=S)N(NC(=O)C(c3ccccc3)c3ccccc3)C2=O)c2ccccc21. The van der Waals surface area contributed by atoms with Gasteiger partial charge in [0.25, 0.3) is 17.7 Å². The summed E-state index contributed by atoms with van der Waals surface area (Å²) in [7, 11) is 0. The van der Waals surface area contributed by atoms with Crippen LogP contribution >= 0.6 is 24.0 Å². The molecule has 0 spiro atoms. The highest BCUT2D eigenvalue weighted by molar-refractivity contribution is 8.26. The largest absolute Gasteiger partial charge is 0.286 e. The lowest BCUT2D eigenvalue weighted by Crippen LogP contribution is -2.47. The number of imide groups is 1. The molecular weight excluding hydrogens is 494 g/mol. The zero-order chi connectivity index (χ0) is 25.4. The second-order valence-electron chi connectivity index (χ2n) is 8.12. The summed E-state index contributed by atoms with van der Waals surface area (Å²) in [6.07, 6.45) is 0. The number of para-hydroxylation sites is 1. The van der Waals surface area contributed by atoms with E-state index in [0.717, 1.165) is 32.8 Å². The lowest BCUT2D eigenvalue weighted by molar-refractivity contribution is -0.133. The first-order chi connectivity index (χ1) is 17.4. The van der Waals surface area contributed by atoms with E-state index in [-0.39, 0.29) is 14.8 Å². The first-order valence-corrected chi connectivity index (χ1v) is 12.3. The van der Waals surface area contributed by atoms with Crippen LogP contribution in [0.2, 0.25) is 0 Å². The molecule has 0 unspecified atom stereocenters. The van der Waals surface area contributed by atoms with Crippen molar-refractivity contribution in [3.05, 3.63) is 107 Å². The fourth-order valence-corrected chi connectivity index (χ4v) is 5.58. The monoisotopic (exact) mass is 513 g/mol. The van der Waals surface area contributed by atoms with Crippen LogP contribution < -0.4 is 10.3 Å². The topological polar surface area (TPSA) is 86.8 Å². The van der Waals surface area contributed by atoms with Gasteiger partial charge in [-0.25, -0.2) is 4.90 Å². The molecule has 178 valence electrons. The number of thiocarbonyl (C=S) groups is 1. The maximum absolute atomic E-state index is 13.5. The summed E-state index contributed by atoms with van der Waals surface area (Å²) in [5.74, 6) is -2.81. The average molecular weight is 514 g/mol. The smallest absolute Gasteiger partial charge is 0.274 e. The molecule has 0 aromatic heterocycles. The van der Waals surface area contributed by atoms with Crippen LogP contribution in [0.3, 0.4) is 0 Å². The maximum Gasteiger partial charge on any atom is 0.286 e. The number of hydrazine groups is 1. The van der Waals surface area contributed by atoms with Crippen molar-refractivity contribution in [3.63, 3.8) is 0 Å². The Hall–Kier alpha value is -4.08. The molecule has 0 atom stereocenters. The number of hydrogen-bond acceptors (Lipinski definition) is 6. The van der Waals surface area contributed by atoms with Crippen LogP contribution in [0.15, 0.2) is 89.8 Å². The average Bonchev–Trinajstić information content (AvgIpc) is 3.32. The van der Waals surface area contributed by atoms with Gasteiger partial charge in [0.1, 0.15) is 0 Å². The number of thioether (sulfide) groups is 1. The van der Waals surface area contributed by atoms with Crippen molar-refractivity contribution < 1.29 is 19.2 Å². The summed E-state index contributed by atoms with van der Waals surface area (Å²) in [5.41, 5.74) is 5.14. The zero-order valence-electron chi connectivity index (χ0n) is 19.0. The normalized spacial score (nSPS) is 17.1. The number of rotatable bonds is 4. The van der Waals surface area contributed by atoms with Crippen LogP contribution in [-0.2, 0) is 19.2 Å². The van der Waals surface area contributed by atoms with Gasteiger partial charge in [0.05, 0.1) is 22.1 Å². The number of carbonyl (C=O) groups excluding carboxylic acids is 4. The van der Waals surface area contributed by atoms with Gasteiger partial charge >= 0.3 is 0 Å². The van der Waals surface area contributed by atoms with E-state index in [4.69, 9.17) is 12.2 Å². The summed E-state index contributed by atoms with van der Waals surface area (Å²) >= 11 is 6.33. The van der Waals surface area contributed by atoms with Crippen LogP contribution in [-0.4, -0.2) is 33.0 Å². The van der Waals surface area contributed by atoms with Crippen LogP contribution in [0.5, 0.6) is 0 Å². The zero-order valence-corrected chi connectivity index (χ0v) is 20.6. The Morgan fingerprint density at radius 1 is 0.833 bits per heavy atom. The quantitative estimate of drug-likeness (QED) is 0.419. The number of anilines is 1. The Labute approximate surface area is 216 Å². The first-order valence-electron chi connectivity index (χ1n) is 11.0. The third-order valence-electron chi connectivity index (χ3n) is 5.89. The summed E-state index contributed by atoms with van der Waals surface area (Å²) in [4.78, 5) is 53.4. The second kappa shape index (κ2) is 9.52. The number of amides is 4. The van der Waals surface area contributed by atoms with E-state index < -0.39 is 29.5 Å². The van der Waals surface area contributed by atoms with Gasteiger partial charge in [0.15, 0.2) is 4.32 Å². The molecular formula is C27H19N3O4S2. The molecule has 7 nitrogen and oxygen atoms in total. The van der Waals surface area contributed by atoms with Gasteiger partial charge in [-0.1, -0.05) is 90.6 Å². The van der Waals surface area contributed by atoms with E-state index in [0.29, 0.717) is 11.3 Å². The van der Waals surface area contributed by atoms with Crippen molar-refractivity contribution in [2.24, 2.45) is 0 Å². The molecule has 4 amide bonds. The summed E-state index contributed by atoms with van der Waals surface area (Å²) in [5, 5.41) is 0.996. The lowest BCUT2D eigenvalue weighted by Gasteiger charge is -2.22. The van der Waals surface area contributed by atoms with Crippen molar-refractivity contribution in [2.45, 2.75) is 12.8 Å². The highest BCUT2D eigenvalue weighted by Gasteiger charge is 2.44.